The Balaban J connectivity index is 2.64. The number of nitrogens with one attached hydrogen (secondary N) is 1. The van der Waals surface area contributed by atoms with Crippen molar-refractivity contribution in [3.05, 3.63) is 29.8 Å². The zero-order valence-electron chi connectivity index (χ0n) is 8.58. The molecule has 0 saturated heterocycles. The summed E-state index contributed by atoms with van der Waals surface area (Å²) in [7, 11) is 0. The number of rotatable bonds is 3. The lowest BCUT2D eigenvalue weighted by atomic mass is 10.2. The van der Waals surface area contributed by atoms with Gasteiger partial charge in [0.15, 0.2) is 0 Å². The summed E-state index contributed by atoms with van der Waals surface area (Å²) in [5, 5.41) is 2.81. The van der Waals surface area contributed by atoms with Gasteiger partial charge in [0, 0.05) is 18.2 Å². The Hall–Kier alpha value is -1.35. The summed E-state index contributed by atoms with van der Waals surface area (Å²) in [4.78, 5) is 11.3. The van der Waals surface area contributed by atoms with E-state index >= 15 is 0 Å². The summed E-state index contributed by atoms with van der Waals surface area (Å²) in [6, 6.07) is 7.55. The van der Waals surface area contributed by atoms with Crippen molar-refractivity contribution in [1.29, 1.82) is 0 Å². The second-order valence-electron chi connectivity index (χ2n) is 3.54. The van der Waals surface area contributed by atoms with Gasteiger partial charge in [-0.15, -0.1) is 0 Å². The summed E-state index contributed by atoms with van der Waals surface area (Å²) in [5.41, 5.74) is 7.34. The highest BCUT2D eigenvalue weighted by Crippen LogP contribution is 2.10. The molecular formula is C11H16N2O. The Morgan fingerprint density at radius 1 is 1.36 bits per heavy atom. The van der Waals surface area contributed by atoms with E-state index in [0.717, 1.165) is 11.3 Å². The molecule has 0 aliphatic rings. The monoisotopic (exact) mass is 192 g/mol. The SMILES string of the molecule is CC(C)C(=O)Nc1ccc(CN)cc1. The average molecular weight is 192 g/mol. The molecule has 1 amide bonds. The van der Waals surface area contributed by atoms with Crippen LogP contribution in [-0.4, -0.2) is 5.91 Å². The summed E-state index contributed by atoms with van der Waals surface area (Å²) < 4.78 is 0. The fourth-order valence-electron chi connectivity index (χ4n) is 1.01. The van der Waals surface area contributed by atoms with Crippen LogP contribution in [0.15, 0.2) is 24.3 Å². The van der Waals surface area contributed by atoms with Crippen LogP contribution >= 0.6 is 0 Å². The molecule has 0 saturated carbocycles. The van der Waals surface area contributed by atoms with Crippen LogP contribution in [0.4, 0.5) is 5.69 Å². The Kier molecular flexibility index (Phi) is 3.65. The maximum Gasteiger partial charge on any atom is 0.226 e. The minimum absolute atomic E-state index is 0.00388. The molecule has 0 unspecified atom stereocenters. The number of benzene rings is 1. The van der Waals surface area contributed by atoms with E-state index in [1.165, 1.54) is 0 Å². The maximum absolute atomic E-state index is 11.3. The first kappa shape index (κ1) is 10.7. The van der Waals surface area contributed by atoms with Crippen molar-refractivity contribution in [2.45, 2.75) is 20.4 Å². The average Bonchev–Trinajstić information content (AvgIpc) is 2.19. The molecule has 76 valence electrons. The number of anilines is 1. The fourth-order valence-corrected chi connectivity index (χ4v) is 1.01. The quantitative estimate of drug-likeness (QED) is 0.766. The van der Waals surface area contributed by atoms with Crippen molar-refractivity contribution >= 4 is 11.6 Å². The van der Waals surface area contributed by atoms with Crippen LogP contribution in [0.2, 0.25) is 0 Å². The Morgan fingerprint density at radius 2 is 1.93 bits per heavy atom. The van der Waals surface area contributed by atoms with Gasteiger partial charge < -0.3 is 11.1 Å². The van der Waals surface area contributed by atoms with Gasteiger partial charge in [-0.2, -0.15) is 0 Å². The van der Waals surface area contributed by atoms with Crippen LogP contribution in [0.3, 0.4) is 0 Å². The van der Waals surface area contributed by atoms with Crippen LogP contribution in [0, 0.1) is 5.92 Å². The van der Waals surface area contributed by atoms with Crippen LogP contribution in [0.25, 0.3) is 0 Å². The third-order valence-electron chi connectivity index (χ3n) is 1.98. The first-order valence-electron chi connectivity index (χ1n) is 4.73. The van der Waals surface area contributed by atoms with E-state index in [9.17, 15) is 4.79 Å². The molecule has 0 bridgehead atoms. The zero-order valence-corrected chi connectivity index (χ0v) is 8.58. The van der Waals surface area contributed by atoms with Crippen LogP contribution < -0.4 is 11.1 Å². The maximum atomic E-state index is 11.3. The number of carbonyl (C=O) groups excluding carboxylic acids is 1. The van der Waals surface area contributed by atoms with Gasteiger partial charge in [-0.05, 0) is 17.7 Å². The van der Waals surface area contributed by atoms with Crippen molar-refractivity contribution in [3.63, 3.8) is 0 Å². The lowest BCUT2D eigenvalue weighted by molar-refractivity contribution is -0.118. The minimum atomic E-state index is 0.00388. The standard InChI is InChI=1S/C11H16N2O/c1-8(2)11(14)13-10-5-3-9(7-12)4-6-10/h3-6,8H,7,12H2,1-2H3,(H,13,14). The van der Waals surface area contributed by atoms with E-state index in [-0.39, 0.29) is 11.8 Å². The van der Waals surface area contributed by atoms with Gasteiger partial charge in [0.1, 0.15) is 0 Å². The molecule has 0 fully saturated rings. The number of hydrogen-bond acceptors (Lipinski definition) is 2. The number of hydrogen-bond donors (Lipinski definition) is 2. The van der Waals surface area contributed by atoms with Crippen molar-refractivity contribution in [2.75, 3.05) is 5.32 Å². The lowest BCUT2D eigenvalue weighted by Crippen LogP contribution is -2.17. The van der Waals surface area contributed by atoms with E-state index in [1.807, 2.05) is 38.1 Å². The second kappa shape index (κ2) is 4.77. The van der Waals surface area contributed by atoms with Crippen molar-refractivity contribution in [2.24, 2.45) is 11.7 Å². The molecule has 0 aromatic heterocycles. The van der Waals surface area contributed by atoms with Crippen molar-refractivity contribution in [1.82, 2.24) is 0 Å². The van der Waals surface area contributed by atoms with Crippen LogP contribution in [0.5, 0.6) is 0 Å². The van der Waals surface area contributed by atoms with Crippen LogP contribution in [-0.2, 0) is 11.3 Å². The van der Waals surface area contributed by atoms with Gasteiger partial charge in [-0.3, -0.25) is 4.79 Å². The first-order valence-corrected chi connectivity index (χ1v) is 4.73. The summed E-state index contributed by atoms with van der Waals surface area (Å²) in [6.07, 6.45) is 0. The van der Waals surface area contributed by atoms with Gasteiger partial charge in [0.05, 0.1) is 0 Å². The molecule has 14 heavy (non-hydrogen) atoms. The van der Waals surface area contributed by atoms with E-state index < -0.39 is 0 Å². The third-order valence-corrected chi connectivity index (χ3v) is 1.98. The van der Waals surface area contributed by atoms with Gasteiger partial charge in [0.25, 0.3) is 0 Å². The highest BCUT2D eigenvalue weighted by Gasteiger charge is 2.06. The zero-order chi connectivity index (χ0) is 10.6. The molecule has 0 atom stereocenters. The Bertz CT molecular complexity index is 304. The Labute approximate surface area is 84.3 Å². The van der Waals surface area contributed by atoms with Gasteiger partial charge in [0.2, 0.25) is 5.91 Å². The van der Waals surface area contributed by atoms with Gasteiger partial charge in [-0.25, -0.2) is 0 Å². The molecule has 1 aromatic rings. The van der Waals surface area contributed by atoms with Crippen LogP contribution in [0.1, 0.15) is 19.4 Å². The van der Waals surface area contributed by atoms with E-state index in [2.05, 4.69) is 5.32 Å². The third kappa shape index (κ3) is 2.85. The van der Waals surface area contributed by atoms with E-state index in [1.54, 1.807) is 0 Å². The molecule has 0 aliphatic carbocycles. The normalized spacial score (nSPS) is 10.3. The minimum Gasteiger partial charge on any atom is -0.326 e. The van der Waals surface area contributed by atoms with Gasteiger partial charge >= 0.3 is 0 Å². The molecule has 0 radical (unpaired) electrons. The number of carbonyl (C=O) groups is 1. The highest BCUT2D eigenvalue weighted by molar-refractivity contribution is 5.91. The largest absolute Gasteiger partial charge is 0.326 e. The van der Waals surface area contributed by atoms with Gasteiger partial charge in [-0.1, -0.05) is 26.0 Å². The Morgan fingerprint density at radius 3 is 2.36 bits per heavy atom. The van der Waals surface area contributed by atoms with E-state index in [4.69, 9.17) is 5.73 Å². The molecule has 0 heterocycles. The molecule has 3 heteroatoms. The smallest absolute Gasteiger partial charge is 0.226 e. The topological polar surface area (TPSA) is 55.1 Å². The second-order valence-corrected chi connectivity index (χ2v) is 3.54. The predicted octanol–water partition coefficient (Wildman–Crippen LogP) is 1.74. The molecule has 3 nitrogen and oxygen atoms in total. The lowest BCUT2D eigenvalue weighted by Gasteiger charge is -2.07. The predicted molar refractivity (Wildman–Crippen MR) is 57.8 cm³/mol. The fraction of sp³-hybridized carbons (Fsp3) is 0.364. The molecule has 3 N–H and O–H groups in total. The van der Waals surface area contributed by atoms with E-state index in [0.29, 0.717) is 6.54 Å². The molecular weight excluding hydrogens is 176 g/mol. The highest BCUT2D eigenvalue weighted by atomic mass is 16.1. The molecule has 0 aliphatic heterocycles. The molecule has 1 aromatic carbocycles. The summed E-state index contributed by atoms with van der Waals surface area (Å²) in [6.45, 7) is 4.26. The number of amides is 1. The number of nitrogens with two attached hydrogens (primary N) is 1. The summed E-state index contributed by atoms with van der Waals surface area (Å²) >= 11 is 0. The van der Waals surface area contributed by atoms with Crippen molar-refractivity contribution < 1.29 is 4.79 Å². The molecule has 0 spiro atoms. The summed E-state index contributed by atoms with van der Waals surface area (Å²) in [5.74, 6) is 0.0367. The molecule has 1 rings (SSSR count). The first-order chi connectivity index (χ1) is 6.63. The van der Waals surface area contributed by atoms with Crippen molar-refractivity contribution in [3.8, 4) is 0 Å².